The van der Waals surface area contributed by atoms with Crippen LogP contribution in [0.1, 0.15) is 72.7 Å². The third kappa shape index (κ3) is 7.83. The molecule has 1 aliphatic rings. The zero-order valence-electron chi connectivity index (χ0n) is 24.7. The predicted octanol–water partition coefficient (Wildman–Crippen LogP) is 6.65. The van der Waals surface area contributed by atoms with Gasteiger partial charge in [0.1, 0.15) is 12.4 Å². The lowest BCUT2D eigenvalue weighted by atomic mass is 9.97. The molecule has 4 aromatic rings. The molecule has 1 saturated carbocycles. The first-order valence-corrected chi connectivity index (χ1v) is 16.0. The molecular weight excluding hydrogens is 674 g/mol. The number of alkyl halides is 3. The third-order valence-corrected chi connectivity index (χ3v) is 8.21. The Labute approximate surface area is 271 Å². The number of hydrogen-bond acceptors (Lipinski definition) is 9. The predicted molar refractivity (Wildman–Crippen MR) is 162 cm³/mol. The Hall–Kier alpha value is -4.06. The van der Waals surface area contributed by atoms with E-state index in [0.29, 0.717) is 35.2 Å². The first-order chi connectivity index (χ1) is 21.3. The molecule has 0 atom stereocenters. The molecule has 0 saturated heterocycles. The fourth-order valence-electron chi connectivity index (χ4n) is 4.04. The number of rotatable bonds is 7. The molecule has 2 aromatic carbocycles. The standard InChI is InChI=1S/C15H14Cl2N2O3.C15H12F3NO4S/c1-5-6-21-12-8-11(9(16)7-10(12)17)19-14(20)22-13(18-19)15(2,3)4;1-24(21,22)12-6-9(15(16,17)18)4-5-10(12)13(20)11-7-19-23-14(11)8-2-3-8/h1,7-8H,6H2,2-4H3;4-8H,2-3H2,1H3. The van der Waals surface area contributed by atoms with E-state index >= 15 is 0 Å². The van der Waals surface area contributed by atoms with E-state index in [1.165, 1.54) is 18.3 Å². The lowest BCUT2D eigenvalue weighted by Crippen LogP contribution is -2.15. The lowest BCUT2D eigenvalue weighted by Gasteiger charge is -2.11. The smallest absolute Gasteiger partial charge is 0.442 e. The molecule has 244 valence electrons. The molecule has 2 aromatic heterocycles. The molecule has 16 heteroatoms. The molecule has 0 N–H and O–H groups in total. The van der Waals surface area contributed by atoms with E-state index in [4.69, 9.17) is 43.3 Å². The Bertz CT molecular complexity index is 2000. The molecule has 1 aliphatic carbocycles. The van der Waals surface area contributed by atoms with Gasteiger partial charge in [-0.25, -0.2) is 13.2 Å². The summed E-state index contributed by atoms with van der Waals surface area (Å²) in [6, 6.07) is 5.00. The minimum atomic E-state index is -4.71. The van der Waals surface area contributed by atoms with Crippen LogP contribution in [0.3, 0.4) is 0 Å². The Morgan fingerprint density at radius 2 is 1.80 bits per heavy atom. The van der Waals surface area contributed by atoms with E-state index in [-0.39, 0.29) is 33.7 Å². The summed E-state index contributed by atoms with van der Waals surface area (Å²) in [5.74, 6) is 1.98. The van der Waals surface area contributed by atoms with Crippen molar-refractivity contribution >= 4 is 38.8 Å². The van der Waals surface area contributed by atoms with Crippen molar-refractivity contribution in [2.75, 3.05) is 12.9 Å². The molecule has 0 aliphatic heterocycles. The van der Waals surface area contributed by atoms with Crippen molar-refractivity contribution in [1.82, 2.24) is 14.9 Å². The molecule has 0 bridgehead atoms. The molecule has 0 spiro atoms. The number of carbonyl (C=O) groups excluding carboxylic acids is 1. The quantitative estimate of drug-likeness (QED) is 0.154. The maximum atomic E-state index is 12.8. The summed E-state index contributed by atoms with van der Waals surface area (Å²) in [5.41, 5.74) is -1.47. The van der Waals surface area contributed by atoms with Crippen LogP contribution < -0.4 is 10.5 Å². The number of halogens is 5. The van der Waals surface area contributed by atoms with Gasteiger partial charge in [-0.3, -0.25) is 4.79 Å². The van der Waals surface area contributed by atoms with Crippen LogP contribution in [-0.2, 0) is 21.4 Å². The van der Waals surface area contributed by atoms with Gasteiger partial charge in [-0.05, 0) is 37.1 Å². The van der Waals surface area contributed by atoms with E-state index in [1.54, 1.807) is 0 Å². The van der Waals surface area contributed by atoms with E-state index in [1.807, 2.05) is 20.8 Å². The Morgan fingerprint density at radius 3 is 2.35 bits per heavy atom. The van der Waals surface area contributed by atoms with Gasteiger partial charge in [0.2, 0.25) is 5.89 Å². The topological polar surface area (TPSA) is 134 Å². The van der Waals surface area contributed by atoms with Crippen LogP contribution in [0.5, 0.6) is 5.75 Å². The monoisotopic (exact) mass is 699 g/mol. The van der Waals surface area contributed by atoms with Crippen molar-refractivity contribution in [2.45, 2.75) is 56.0 Å². The van der Waals surface area contributed by atoms with Crippen LogP contribution in [0, 0.1) is 12.3 Å². The van der Waals surface area contributed by atoms with Crippen molar-refractivity contribution in [2.24, 2.45) is 0 Å². The molecule has 10 nitrogen and oxygen atoms in total. The molecule has 0 radical (unpaired) electrons. The van der Waals surface area contributed by atoms with Crippen LogP contribution >= 0.6 is 23.2 Å². The minimum Gasteiger partial charge on any atom is -0.479 e. The van der Waals surface area contributed by atoms with E-state index in [9.17, 15) is 31.2 Å². The lowest BCUT2D eigenvalue weighted by molar-refractivity contribution is -0.137. The second kappa shape index (κ2) is 13.0. The first kappa shape index (κ1) is 34.8. The van der Waals surface area contributed by atoms with Gasteiger partial charge in [0.05, 0.1) is 38.0 Å². The number of hydrogen-bond donors (Lipinski definition) is 0. The number of ether oxygens (including phenoxy) is 1. The number of terminal acetylenes is 1. The number of carbonyl (C=O) groups is 1. The molecular formula is C30H26Cl2F3N3O7S. The molecule has 1 fully saturated rings. The van der Waals surface area contributed by atoms with Gasteiger partial charge >= 0.3 is 11.9 Å². The van der Waals surface area contributed by atoms with Gasteiger partial charge < -0.3 is 13.7 Å². The Balaban J connectivity index is 0.000000210. The molecule has 2 heterocycles. The molecule has 46 heavy (non-hydrogen) atoms. The molecule has 5 rings (SSSR count). The normalized spacial score (nSPS) is 13.5. The second-order valence-electron chi connectivity index (χ2n) is 11.2. The van der Waals surface area contributed by atoms with Crippen molar-refractivity contribution in [3.63, 3.8) is 0 Å². The zero-order valence-corrected chi connectivity index (χ0v) is 27.1. The molecule has 0 amide bonds. The largest absolute Gasteiger partial charge is 0.479 e. The number of aromatic nitrogens is 3. The average Bonchev–Trinajstić information content (AvgIpc) is 3.54. The van der Waals surface area contributed by atoms with Crippen molar-refractivity contribution < 1.29 is 40.1 Å². The first-order valence-electron chi connectivity index (χ1n) is 13.4. The summed E-state index contributed by atoms with van der Waals surface area (Å²) in [6.07, 6.45) is 4.01. The van der Waals surface area contributed by atoms with Crippen LogP contribution in [0.25, 0.3) is 5.69 Å². The highest BCUT2D eigenvalue weighted by molar-refractivity contribution is 7.90. The van der Waals surface area contributed by atoms with Gasteiger partial charge in [-0.15, -0.1) is 11.5 Å². The minimum absolute atomic E-state index is 0.0434. The maximum Gasteiger partial charge on any atom is 0.442 e. The van der Waals surface area contributed by atoms with E-state index < -0.39 is 43.4 Å². The highest BCUT2D eigenvalue weighted by Crippen LogP contribution is 2.42. The van der Waals surface area contributed by atoms with Crippen molar-refractivity contribution in [3.8, 4) is 23.8 Å². The summed E-state index contributed by atoms with van der Waals surface area (Å²) in [5, 5.41) is 8.26. The number of benzene rings is 2. The van der Waals surface area contributed by atoms with E-state index in [2.05, 4.69) is 16.2 Å². The summed E-state index contributed by atoms with van der Waals surface area (Å²) in [4.78, 5) is 24.0. The summed E-state index contributed by atoms with van der Waals surface area (Å²) < 4.78 is 78.9. The van der Waals surface area contributed by atoms with E-state index in [0.717, 1.165) is 29.8 Å². The maximum absolute atomic E-state index is 12.8. The Morgan fingerprint density at radius 1 is 1.13 bits per heavy atom. The van der Waals surface area contributed by atoms with Gasteiger partial charge in [-0.1, -0.05) is 55.1 Å². The van der Waals surface area contributed by atoms with Crippen LogP contribution in [-0.4, -0.2) is 42.0 Å². The Kier molecular flexibility index (Phi) is 9.82. The van der Waals surface area contributed by atoms with Gasteiger partial charge in [0.15, 0.2) is 21.4 Å². The number of nitrogens with zero attached hydrogens (tertiary/aromatic N) is 3. The summed E-state index contributed by atoms with van der Waals surface area (Å²) in [6.45, 7) is 5.69. The third-order valence-electron chi connectivity index (χ3n) is 6.47. The fourth-order valence-corrected chi connectivity index (χ4v) is 5.46. The van der Waals surface area contributed by atoms with Crippen LogP contribution in [0.4, 0.5) is 13.2 Å². The average molecular weight is 701 g/mol. The second-order valence-corrected chi connectivity index (χ2v) is 14.0. The highest BCUT2D eigenvalue weighted by atomic mass is 35.5. The fraction of sp³-hybridized carbons (Fsp3) is 0.333. The summed E-state index contributed by atoms with van der Waals surface area (Å²) >= 11 is 12.2. The summed E-state index contributed by atoms with van der Waals surface area (Å²) in [7, 11) is -4.04. The molecule has 0 unspecified atom stereocenters. The van der Waals surface area contributed by atoms with Gasteiger partial charge in [0.25, 0.3) is 0 Å². The van der Waals surface area contributed by atoms with Gasteiger partial charge in [0, 0.05) is 29.2 Å². The highest BCUT2D eigenvalue weighted by Gasteiger charge is 2.36. The van der Waals surface area contributed by atoms with Crippen molar-refractivity contribution in [1.29, 1.82) is 0 Å². The SMILES string of the molecule is C#CCOc1cc(-n2nc(C(C)(C)C)oc2=O)c(Cl)cc1Cl.CS(=O)(=O)c1cc(C(F)(F)F)ccc1C(=O)c1cnoc1C1CC1. The van der Waals surface area contributed by atoms with Crippen LogP contribution in [0.2, 0.25) is 10.0 Å². The van der Waals surface area contributed by atoms with Gasteiger partial charge in [-0.2, -0.15) is 17.9 Å². The number of ketones is 1. The van der Waals surface area contributed by atoms with Crippen LogP contribution in [0.15, 0.2) is 55.2 Å². The zero-order chi connectivity index (χ0) is 34.2. The number of sulfone groups is 1. The van der Waals surface area contributed by atoms with Crippen molar-refractivity contribution in [3.05, 3.63) is 85.5 Å².